The van der Waals surface area contributed by atoms with Crippen molar-refractivity contribution in [2.75, 3.05) is 23.8 Å². The number of hydrogen-bond acceptors (Lipinski definition) is 4. The summed E-state index contributed by atoms with van der Waals surface area (Å²) in [6.07, 6.45) is 1.10. The summed E-state index contributed by atoms with van der Waals surface area (Å²) in [5.41, 5.74) is 1.78. The molecule has 0 saturated heterocycles. The minimum absolute atomic E-state index is 0.00432. The predicted molar refractivity (Wildman–Crippen MR) is 107 cm³/mol. The van der Waals surface area contributed by atoms with Gasteiger partial charge in [-0.1, -0.05) is 23.7 Å². The van der Waals surface area contributed by atoms with Crippen LogP contribution in [0.3, 0.4) is 0 Å². The third kappa shape index (κ3) is 3.92. The second-order valence-corrected chi connectivity index (χ2v) is 8.06. The average Bonchev–Trinajstić information content (AvgIpc) is 2.67. The minimum atomic E-state index is -0.132. The molecule has 7 heteroatoms. The van der Waals surface area contributed by atoms with Gasteiger partial charge < -0.3 is 15.0 Å². The Morgan fingerprint density at radius 3 is 3.04 bits per heavy atom. The first-order chi connectivity index (χ1) is 13.1. The predicted octanol–water partition coefficient (Wildman–Crippen LogP) is 3.81. The normalized spacial score (nSPS) is 18.3. The molecular formula is C20H19ClN2O3S. The molecule has 0 bridgehead atoms. The summed E-state index contributed by atoms with van der Waals surface area (Å²) < 4.78 is 5.44. The molecule has 27 heavy (non-hydrogen) atoms. The quantitative estimate of drug-likeness (QED) is 0.844. The van der Waals surface area contributed by atoms with Gasteiger partial charge in [-0.25, -0.2) is 0 Å². The Labute approximate surface area is 167 Å². The van der Waals surface area contributed by atoms with Gasteiger partial charge in [-0.15, -0.1) is 11.8 Å². The molecule has 0 spiro atoms. The molecule has 1 unspecified atom stereocenters. The van der Waals surface area contributed by atoms with Gasteiger partial charge in [0.15, 0.2) is 6.61 Å². The van der Waals surface area contributed by atoms with Gasteiger partial charge in [-0.3, -0.25) is 9.59 Å². The number of ether oxygens (including phenoxy) is 1. The van der Waals surface area contributed by atoms with Gasteiger partial charge in [0.1, 0.15) is 5.75 Å². The smallest absolute Gasteiger partial charge is 0.265 e. The molecule has 2 aliphatic rings. The second kappa shape index (κ2) is 7.82. The Morgan fingerprint density at radius 2 is 2.15 bits per heavy atom. The molecule has 0 saturated carbocycles. The van der Waals surface area contributed by atoms with Crippen molar-refractivity contribution in [1.29, 1.82) is 0 Å². The van der Waals surface area contributed by atoms with E-state index < -0.39 is 0 Å². The van der Waals surface area contributed by atoms with Crippen molar-refractivity contribution in [3.8, 4) is 5.75 Å². The number of carbonyl (C=O) groups is 2. The molecule has 2 aliphatic heterocycles. The van der Waals surface area contributed by atoms with Crippen LogP contribution in [0.1, 0.15) is 24.4 Å². The third-order valence-corrected chi connectivity index (χ3v) is 6.07. The van der Waals surface area contributed by atoms with E-state index in [4.69, 9.17) is 16.3 Å². The van der Waals surface area contributed by atoms with Crippen molar-refractivity contribution in [3.05, 3.63) is 53.1 Å². The van der Waals surface area contributed by atoms with E-state index >= 15 is 0 Å². The van der Waals surface area contributed by atoms with E-state index in [0.717, 1.165) is 22.6 Å². The maximum atomic E-state index is 12.5. The number of amides is 2. The molecule has 1 N–H and O–H groups in total. The molecule has 2 aromatic rings. The van der Waals surface area contributed by atoms with E-state index in [0.29, 0.717) is 23.0 Å². The van der Waals surface area contributed by atoms with E-state index in [2.05, 4.69) is 5.32 Å². The summed E-state index contributed by atoms with van der Waals surface area (Å²) in [6, 6.07) is 13.1. The molecule has 4 rings (SSSR count). The summed E-state index contributed by atoms with van der Waals surface area (Å²) in [5.74, 6) is 1.42. The molecule has 2 amide bonds. The Kier molecular flexibility index (Phi) is 5.27. The Bertz CT molecular complexity index is 889. The largest absolute Gasteiger partial charge is 0.482 e. The molecule has 2 heterocycles. The summed E-state index contributed by atoms with van der Waals surface area (Å²) in [4.78, 5) is 27.5. The highest BCUT2D eigenvalue weighted by Gasteiger charge is 2.27. The van der Waals surface area contributed by atoms with Crippen LogP contribution in [0, 0.1) is 0 Å². The molecule has 0 aliphatic carbocycles. The Hall–Kier alpha value is -2.18. The summed E-state index contributed by atoms with van der Waals surface area (Å²) in [5, 5.41) is 3.77. The van der Waals surface area contributed by atoms with Crippen LogP contribution >= 0.6 is 23.4 Å². The highest BCUT2D eigenvalue weighted by atomic mass is 35.5. The first-order valence-electron chi connectivity index (χ1n) is 8.85. The van der Waals surface area contributed by atoms with Gasteiger partial charge in [0, 0.05) is 28.6 Å². The topological polar surface area (TPSA) is 58.6 Å². The number of para-hydroxylation sites is 2. The number of nitrogens with one attached hydrogen (secondary N) is 1. The number of anilines is 1. The zero-order chi connectivity index (χ0) is 18.8. The van der Waals surface area contributed by atoms with E-state index in [1.165, 1.54) is 0 Å². The number of carbonyl (C=O) groups excluding carboxylic acids is 2. The van der Waals surface area contributed by atoms with Crippen LogP contribution in [0.4, 0.5) is 5.69 Å². The van der Waals surface area contributed by atoms with Gasteiger partial charge in [-0.05, 0) is 42.3 Å². The number of hydrogen-bond donors (Lipinski definition) is 1. The van der Waals surface area contributed by atoms with Crippen LogP contribution in [0.25, 0.3) is 0 Å². The standard InChI is InChI=1S/C20H19ClN2O3S/c21-13-5-6-18-14(11-13)15(8-10-27-18)22-19(24)7-9-23-16-3-1-2-4-17(16)26-12-20(23)25/h1-6,11,15H,7-10,12H2,(H,22,24). The molecule has 0 radical (unpaired) electrons. The van der Waals surface area contributed by atoms with Crippen molar-refractivity contribution in [1.82, 2.24) is 5.32 Å². The average molecular weight is 403 g/mol. The maximum absolute atomic E-state index is 12.5. The fourth-order valence-corrected chi connectivity index (χ4v) is 4.68. The highest BCUT2D eigenvalue weighted by Crippen LogP contribution is 2.37. The summed E-state index contributed by atoms with van der Waals surface area (Å²) >= 11 is 7.91. The van der Waals surface area contributed by atoms with Gasteiger partial charge in [-0.2, -0.15) is 0 Å². The zero-order valence-electron chi connectivity index (χ0n) is 14.6. The number of benzene rings is 2. The molecule has 140 valence electrons. The van der Waals surface area contributed by atoms with Crippen molar-refractivity contribution >= 4 is 40.9 Å². The van der Waals surface area contributed by atoms with Crippen LogP contribution in [0.5, 0.6) is 5.75 Å². The molecule has 1 atom stereocenters. The first-order valence-corrected chi connectivity index (χ1v) is 10.2. The molecular weight excluding hydrogens is 384 g/mol. The van der Waals surface area contributed by atoms with Crippen LogP contribution < -0.4 is 15.0 Å². The molecule has 2 aromatic carbocycles. The first kappa shape index (κ1) is 18.2. The lowest BCUT2D eigenvalue weighted by Gasteiger charge is -2.30. The number of rotatable bonds is 4. The zero-order valence-corrected chi connectivity index (χ0v) is 16.2. The lowest BCUT2D eigenvalue weighted by Crippen LogP contribution is -2.41. The van der Waals surface area contributed by atoms with Crippen LogP contribution in [-0.2, 0) is 9.59 Å². The lowest BCUT2D eigenvalue weighted by atomic mass is 10.0. The third-order valence-electron chi connectivity index (χ3n) is 4.72. The van der Waals surface area contributed by atoms with Crippen LogP contribution in [0.15, 0.2) is 47.4 Å². The van der Waals surface area contributed by atoms with Crippen LogP contribution in [-0.4, -0.2) is 30.7 Å². The molecule has 0 fully saturated rings. The Balaban J connectivity index is 1.41. The lowest BCUT2D eigenvalue weighted by molar-refractivity contribution is -0.122. The van der Waals surface area contributed by atoms with Crippen molar-refractivity contribution < 1.29 is 14.3 Å². The van der Waals surface area contributed by atoms with Gasteiger partial charge in [0.2, 0.25) is 5.91 Å². The SMILES string of the molecule is O=C(CCN1C(=O)COc2ccccc21)NC1CCSc2ccc(Cl)cc21. The number of nitrogens with zero attached hydrogens (tertiary/aromatic N) is 1. The maximum Gasteiger partial charge on any atom is 0.265 e. The van der Waals surface area contributed by atoms with E-state index in [9.17, 15) is 9.59 Å². The number of fused-ring (bicyclic) bond motifs is 2. The van der Waals surface area contributed by atoms with E-state index in [-0.39, 0.29) is 30.9 Å². The van der Waals surface area contributed by atoms with Gasteiger partial charge in [0.25, 0.3) is 5.91 Å². The van der Waals surface area contributed by atoms with Gasteiger partial charge >= 0.3 is 0 Å². The second-order valence-electron chi connectivity index (χ2n) is 6.49. The fourth-order valence-electron chi connectivity index (χ4n) is 3.39. The summed E-state index contributed by atoms with van der Waals surface area (Å²) in [6.45, 7) is 0.333. The molecule has 5 nitrogen and oxygen atoms in total. The van der Waals surface area contributed by atoms with E-state index in [1.54, 1.807) is 16.7 Å². The van der Waals surface area contributed by atoms with Crippen molar-refractivity contribution in [2.45, 2.75) is 23.8 Å². The minimum Gasteiger partial charge on any atom is -0.482 e. The molecule has 0 aromatic heterocycles. The Morgan fingerprint density at radius 1 is 1.30 bits per heavy atom. The highest BCUT2D eigenvalue weighted by molar-refractivity contribution is 7.99. The monoisotopic (exact) mass is 402 g/mol. The fraction of sp³-hybridized carbons (Fsp3) is 0.300. The van der Waals surface area contributed by atoms with Crippen molar-refractivity contribution in [3.63, 3.8) is 0 Å². The van der Waals surface area contributed by atoms with E-state index in [1.807, 2.05) is 42.5 Å². The summed E-state index contributed by atoms with van der Waals surface area (Å²) in [7, 11) is 0. The van der Waals surface area contributed by atoms with Crippen molar-refractivity contribution in [2.24, 2.45) is 0 Å². The number of thioether (sulfide) groups is 1. The number of halogens is 1. The van der Waals surface area contributed by atoms with Gasteiger partial charge in [0.05, 0.1) is 11.7 Å². The van der Waals surface area contributed by atoms with Crippen LogP contribution in [0.2, 0.25) is 5.02 Å².